The molecule has 0 spiro atoms. The number of anilines is 3. The molecule has 0 unspecified atom stereocenters. The third-order valence-electron chi connectivity index (χ3n) is 3.96. The summed E-state index contributed by atoms with van der Waals surface area (Å²) in [6, 6.07) is 8.27. The van der Waals surface area contributed by atoms with Gasteiger partial charge in [-0.3, -0.25) is 10.1 Å². The number of benzene rings is 1. The molecule has 0 atom stereocenters. The van der Waals surface area contributed by atoms with Crippen LogP contribution in [0.2, 0.25) is 0 Å². The van der Waals surface area contributed by atoms with Crippen LogP contribution in [0.25, 0.3) is 0 Å². The van der Waals surface area contributed by atoms with Crippen LogP contribution in [0.1, 0.15) is 11.3 Å². The first-order valence-corrected chi connectivity index (χ1v) is 6.96. The molecule has 0 amide bonds. The van der Waals surface area contributed by atoms with E-state index in [0.717, 1.165) is 35.9 Å². The summed E-state index contributed by atoms with van der Waals surface area (Å²) in [5.74, 6) is 0.951. The third-order valence-corrected chi connectivity index (χ3v) is 3.96. The molecule has 21 heavy (non-hydrogen) atoms. The number of aromatic nitrogens is 2. The first-order chi connectivity index (χ1) is 10.0. The maximum Gasteiger partial charge on any atom is 0.142 e. The fourth-order valence-electron chi connectivity index (χ4n) is 3.00. The number of fused-ring (bicyclic) bond motifs is 1. The monoisotopic (exact) mass is 284 g/mol. The second-order valence-electron chi connectivity index (χ2n) is 5.38. The third kappa shape index (κ3) is 2.03. The second-order valence-corrected chi connectivity index (χ2v) is 5.38. The Balaban J connectivity index is 2.19. The average molecular weight is 284 g/mol. The van der Waals surface area contributed by atoms with E-state index in [1.54, 1.807) is 0 Å². The van der Waals surface area contributed by atoms with Gasteiger partial charge in [0.05, 0.1) is 22.6 Å². The van der Waals surface area contributed by atoms with Crippen LogP contribution in [-0.4, -0.2) is 35.8 Å². The van der Waals surface area contributed by atoms with Gasteiger partial charge in [0.15, 0.2) is 0 Å². The Bertz CT molecular complexity index is 702. The zero-order valence-electron chi connectivity index (χ0n) is 12.6. The maximum atomic E-state index is 7.86. The Morgan fingerprint density at radius 1 is 1.19 bits per heavy atom. The highest BCUT2D eigenvalue weighted by Gasteiger charge is 2.27. The van der Waals surface area contributed by atoms with E-state index in [1.807, 2.05) is 30.8 Å². The quantitative estimate of drug-likeness (QED) is 0.649. The van der Waals surface area contributed by atoms with Gasteiger partial charge in [0.1, 0.15) is 11.7 Å². The van der Waals surface area contributed by atoms with Crippen LogP contribution in [-0.2, 0) is 7.05 Å². The molecule has 3 rings (SSSR count). The number of nitrogen functional groups attached to an aromatic ring is 1. The molecule has 1 aromatic heterocycles. The molecular weight excluding hydrogens is 264 g/mol. The molecule has 0 bridgehead atoms. The lowest BCUT2D eigenvalue weighted by Crippen LogP contribution is -2.38. The van der Waals surface area contributed by atoms with Crippen molar-refractivity contribution >= 4 is 23.0 Å². The van der Waals surface area contributed by atoms with Gasteiger partial charge in [-0.25, -0.2) is 0 Å². The summed E-state index contributed by atoms with van der Waals surface area (Å²) in [5, 5.41) is 12.3. The van der Waals surface area contributed by atoms with Gasteiger partial charge >= 0.3 is 0 Å². The minimum absolute atomic E-state index is 0.0620. The highest BCUT2D eigenvalue weighted by molar-refractivity contribution is 6.02. The van der Waals surface area contributed by atoms with Gasteiger partial charge in [0.25, 0.3) is 0 Å². The molecule has 1 aromatic carbocycles. The lowest BCUT2D eigenvalue weighted by atomic mass is 10.1. The standard InChI is InChI=1S/C15H20N6/c1-10-13(14(16)17)15(20(3)18-10)21-9-8-19(2)11-6-4-5-7-12(11)21/h4-7H,8-9H2,1-3H3,(H3,16,17). The van der Waals surface area contributed by atoms with E-state index in [9.17, 15) is 0 Å². The van der Waals surface area contributed by atoms with Gasteiger partial charge in [-0.05, 0) is 19.1 Å². The molecular formula is C15H20N6. The predicted octanol–water partition coefficient (Wildman–Crippen LogP) is 1.60. The van der Waals surface area contributed by atoms with Crippen molar-refractivity contribution < 1.29 is 0 Å². The van der Waals surface area contributed by atoms with Gasteiger partial charge in [-0.2, -0.15) is 5.10 Å². The lowest BCUT2D eigenvalue weighted by molar-refractivity contribution is 0.723. The summed E-state index contributed by atoms with van der Waals surface area (Å²) in [7, 11) is 3.99. The summed E-state index contributed by atoms with van der Waals surface area (Å²) < 4.78 is 1.81. The van der Waals surface area contributed by atoms with Crippen molar-refractivity contribution in [1.29, 1.82) is 5.41 Å². The van der Waals surface area contributed by atoms with E-state index < -0.39 is 0 Å². The molecule has 6 heteroatoms. The molecule has 1 aliphatic heterocycles. The Hall–Kier alpha value is -2.50. The number of nitrogens with one attached hydrogen (secondary N) is 1. The van der Waals surface area contributed by atoms with Crippen LogP contribution in [0.15, 0.2) is 24.3 Å². The molecule has 2 heterocycles. The van der Waals surface area contributed by atoms with Crippen LogP contribution in [0, 0.1) is 12.3 Å². The fourth-order valence-corrected chi connectivity index (χ4v) is 3.00. The highest BCUT2D eigenvalue weighted by atomic mass is 15.4. The van der Waals surface area contributed by atoms with Crippen molar-refractivity contribution in [3.8, 4) is 0 Å². The zero-order chi connectivity index (χ0) is 15.1. The SMILES string of the molecule is Cc1nn(C)c(N2CCN(C)c3ccccc32)c1C(=N)N. The maximum absolute atomic E-state index is 7.86. The van der Waals surface area contributed by atoms with Gasteiger partial charge in [0, 0.05) is 27.2 Å². The topological polar surface area (TPSA) is 74.2 Å². The van der Waals surface area contributed by atoms with Gasteiger partial charge in [0.2, 0.25) is 0 Å². The van der Waals surface area contributed by atoms with Crippen LogP contribution in [0.4, 0.5) is 17.2 Å². The van der Waals surface area contributed by atoms with Crippen molar-refractivity contribution in [3.05, 3.63) is 35.5 Å². The number of amidine groups is 1. The van der Waals surface area contributed by atoms with Gasteiger partial charge < -0.3 is 15.5 Å². The summed E-state index contributed by atoms with van der Waals surface area (Å²) in [6.45, 7) is 3.65. The van der Waals surface area contributed by atoms with Crippen molar-refractivity contribution in [1.82, 2.24) is 9.78 Å². The first-order valence-electron chi connectivity index (χ1n) is 6.96. The number of aryl methyl sites for hydroxylation is 2. The summed E-state index contributed by atoms with van der Waals surface area (Å²) in [5.41, 5.74) is 9.58. The molecule has 110 valence electrons. The van der Waals surface area contributed by atoms with Crippen molar-refractivity contribution in [3.63, 3.8) is 0 Å². The Morgan fingerprint density at radius 2 is 1.86 bits per heavy atom. The average Bonchev–Trinajstić information content (AvgIpc) is 2.74. The van der Waals surface area contributed by atoms with Crippen molar-refractivity contribution in [2.45, 2.75) is 6.92 Å². The Kier molecular flexibility index (Phi) is 3.08. The summed E-state index contributed by atoms with van der Waals surface area (Å²) >= 11 is 0. The van der Waals surface area contributed by atoms with E-state index in [-0.39, 0.29) is 5.84 Å². The minimum Gasteiger partial charge on any atom is -0.384 e. The van der Waals surface area contributed by atoms with Crippen molar-refractivity contribution in [2.75, 3.05) is 29.9 Å². The molecule has 0 fully saturated rings. The molecule has 0 saturated carbocycles. The van der Waals surface area contributed by atoms with Crippen LogP contribution >= 0.6 is 0 Å². The molecule has 0 radical (unpaired) electrons. The van der Waals surface area contributed by atoms with Crippen LogP contribution in [0.3, 0.4) is 0 Å². The number of rotatable bonds is 2. The number of hydrogen-bond donors (Lipinski definition) is 2. The largest absolute Gasteiger partial charge is 0.384 e. The number of likely N-dealkylation sites (N-methyl/N-ethyl adjacent to an activating group) is 1. The number of nitrogens with zero attached hydrogens (tertiary/aromatic N) is 4. The van der Waals surface area contributed by atoms with E-state index in [1.165, 1.54) is 5.69 Å². The van der Waals surface area contributed by atoms with E-state index in [2.05, 4.69) is 34.1 Å². The van der Waals surface area contributed by atoms with E-state index >= 15 is 0 Å². The molecule has 0 aliphatic carbocycles. The summed E-state index contributed by atoms with van der Waals surface area (Å²) in [6.07, 6.45) is 0. The molecule has 3 N–H and O–H groups in total. The van der Waals surface area contributed by atoms with Gasteiger partial charge in [-0.1, -0.05) is 12.1 Å². The molecule has 0 saturated heterocycles. The predicted molar refractivity (Wildman–Crippen MR) is 85.7 cm³/mol. The first kappa shape index (κ1) is 13.5. The van der Waals surface area contributed by atoms with Gasteiger partial charge in [-0.15, -0.1) is 0 Å². The Morgan fingerprint density at radius 3 is 2.52 bits per heavy atom. The zero-order valence-corrected chi connectivity index (χ0v) is 12.6. The number of para-hydroxylation sites is 2. The molecule has 1 aliphatic rings. The highest BCUT2D eigenvalue weighted by Crippen LogP contribution is 2.38. The number of hydrogen-bond acceptors (Lipinski definition) is 4. The smallest absolute Gasteiger partial charge is 0.142 e. The van der Waals surface area contributed by atoms with Crippen LogP contribution in [0.5, 0.6) is 0 Å². The normalized spacial score (nSPS) is 14.2. The Labute approximate surface area is 124 Å². The minimum atomic E-state index is 0.0620. The van der Waals surface area contributed by atoms with E-state index in [0.29, 0.717) is 0 Å². The van der Waals surface area contributed by atoms with E-state index in [4.69, 9.17) is 11.1 Å². The second kappa shape index (κ2) is 4.80. The fraction of sp³-hybridized carbons (Fsp3) is 0.333. The molecule has 6 nitrogen and oxygen atoms in total. The lowest BCUT2D eigenvalue weighted by Gasteiger charge is -2.37. The molecule has 2 aromatic rings. The van der Waals surface area contributed by atoms with Crippen LogP contribution < -0.4 is 15.5 Å². The summed E-state index contributed by atoms with van der Waals surface area (Å²) in [4.78, 5) is 4.44. The number of nitrogens with two attached hydrogens (primary N) is 1. The van der Waals surface area contributed by atoms with Crippen molar-refractivity contribution in [2.24, 2.45) is 12.8 Å².